The second-order valence-electron chi connectivity index (χ2n) is 3.24. The van der Waals surface area contributed by atoms with Crippen molar-refractivity contribution in [2.24, 2.45) is 5.92 Å². The molecule has 1 atom stereocenters. The van der Waals surface area contributed by atoms with Crippen LogP contribution in [0.1, 0.15) is 6.42 Å². The maximum atomic E-state index is 8.87. The van der Waals surface area contributed by atoms with Gasteiger partial charge in [-0.15, -0.1) is 0 Å². The summed E-state index contributed by atoms with van der Waals surface area (Å²) in [5, 5.41) is 12.0. The summed E-state index contributed by atoms with van der Waals surface area (Å²) in [5.41, 5.74) is 0. The molecule has 1 rings (SSSR count). The first-order valence-electron chi connectivity index (χ1n) is 4.34. The molecule has 0 amide bonds. The predicted octanol–water partition coefficient (Wildman–Crippen LogP) is -0.480. The Balaban J connectivity index is 2.09. The van der Waals surface area contributed by atoms with Crippen molar-refractivity contribution in [3.63, 3.8) is 0 Å². The van der Waals surface area contributed by atoms with Crippen LogP contribution in [0.4, 0.5) is 0 Å². The Labute approximate surface area is 68.4 Å². The summed E-state index contributed by atoms with van der Waals surface area (Å²) in [6, 6.07) is 0. The van der Waals surface area contributed by atoms with Crippen LogP contribution in [0.25, 0.3) is 0 Å². The highest BCUT2D eigenvalue weighted by Crippen LogP contribution is 2.13. The largest absolute Gasteiger partial charge is 0.396 e. The van der Waals surface area contributed by atoms with E-state index >= 15 is 0 Å². The van der Waals surface area contributed by atoms with Crippen LogP contribution in [-0.2, 0) is 0 Å². The number of hydrogen-bond donors (Lipinski definition) is 2. The zero-order chi connectivity index (χ0) is 8.10. The number of hydrogen-bond acceptors (Lipinski definition) is 3. The van der Waals surface area contributed by atoms with Gasteiger partial charge >= 0.3 is 0 Å². The third-order valence-corrected chi connectivity index (χ3v) is 2.31. The topological polar surface area (TPSA) is 35.5 Å². The average Bonchev–Trinajstić information content (AvgIpc) is 2.48. The van der Waals surface area contributed by atoms with Crippen molar-refractivity contribution >= 4 is 0 Å². The zero-order valence-electron chi connectivity index (χ0n) is 7.21. The minimum Gasteiger partial charge on any atom is -0.396 e. The molecule has 11 heavy (non-hydrogen) atoms. The van der Waals surface area contributed by atoms with E-state index in [2.05, 4.69) is 10.2 Å². The molecule has 1 fully saturated rings. The lowest BCUT2D eigenvalue weighted by atomic mass is 10.1. The molecule has 3 heteroatoms. The Hall–Kier alpha value is -0.120. The van der Waals surface area contributed by atoms with Crippen LogP contribution < -0.4 is 5.32 Å². The number of likely N-dealkylation sites (tertiary alicyclic amines) is 1. The maximum Gasteiger partial charge on any atom is 0.0471 e. The summed E-state index contributed by atoms with van der Waals surface area (Å²) < 4.78 is 0. The molecule has 3 nitrogen and oxygen atoms in total. The molecule has 66 valence electrons. The Morgan fingerprint density at radius 2 is 2.45 bits per heavy atom. The van der Waals surface area contributed by atoms with Gasteiger partial charge in [0, 0.05) is 26.2 Å². The third kappa shape index (κ3) is 2.77. The van der Waals surface area contributed by atoms with Gasteiger partial charge in [0.2, 0.25) is 0 Å². The van der Waals surface area contributed by atoms with Gasteiger partial charge in [-0.3, -0.25) is 0 Å². The molecule has 1 heterocycles. The molecule has 1 aliphatic rings. The van der Waals surface area contributed by atoms with Crippen LogP contribution in [0, 0.1) is 5.92 Å². The second kappa shape index (κ2) is 4.70. The monoisotopic (exact) mass is 158 g/mol. The molecule has 0 spiro atoms. The quantitative estimate of drug-likeness (QED) is 0.580. The number of aliphatic hydroxyl groups excluding tert-OH is 1. The Kier molecular flexibility index (Phi) is 3.83. The van der Waals surface area contributed by atoms with E-state index in [-0.39, 0.29) is 0 Å². The lowest BCUT2D eigenvalue weighted by Gasteiger charge is -2.14. The van der Waals surface area contributed by atoms with Crippen molar-refractivity contribution < 1.29 is 5.11 Å². The van der Waals surface area contributed by atoms with Crippen molar-refractivity contribution in [1.29, 1.82) is 0 Å². The lowest BCUT2D eigenvalue weighted by Crippen LogP contribution is -2.29. The maximum absolute atomic E-state index is 8.87. The number of rotatable bonds is 4. The smallest absolute Gasteiger partial charge is 0.0471 e. The fraction of sp³-hybridized carbons (Fsp3) is 1.00. The van der Waals surface area contributed by atoms with Gasteiger partial charge in [0.25, 0.3) is 0 Å². The average molecular weight is 158 g/mol. The zero-order valence-corrected chi connectivity index (χ0v) is 7.21. The fourth-order valence-electron chi connectivity index (χ4n) is 1.53. The summed E-state index contributed by atoms with van der Waals surface area (Å²) >= 11 is 0. The van der Waals surface area contributed by atoms with Gasteiger partial charge in [-0.2, -0.15) is 0 Å². The van der Waals surface area contributed by atoms with Crippen molar-refractivity contribution in [2.45, 2.75) is 6.42 Å². The molecule has 0 aromatic rings. The molecular weight excluding hydrogens is 140 g/mol. The van der Waals surface area contributed by atoms with Crippen LogP contribution in [0.3, 0.4) is 0 Å². The van der Waals surface area contributed by atoms with Crippen molar-refractivity contribution in [2.75, 3.05) is 39.8 Å². The summed E-state index contributed by atoms with van der Waals surface area (Å²) in [5.74, 6) is 0.534. The summed E-state index contributed by atoms with van der Waals surface area (Å²) in [6.45, 7) is 4.77. The Morgan fingerprint density at radius 1 is 1.64 bits per heavy atom. The van der Waals surface area contributed by atoms with Gasteiger partial charge in [-0.1, -0.05) is 0 Å². The SMILES string of the molecule is CNCCN1CC[C@H](CO)C1. The number of aliphatic hydroxyl groups is 1. The van der Waals surface area contributed by atoms with Crippen LogP contribution in [0.5, 0.6) is 0 Å². The van der Waals surface area contributed by atoms with Crippen LogP contribution in [-0.4, -0.2) is 49.8 Å². The van der Waals surface area contributed by atoms with Crippen molar-refractivity contribution in [3.8, 4) is 0 Å². The molecule has 0 aromatic heterocycles. The van der Waals surface area contributed by atoms with E-state index in [1.54, 1.807) is 0 Å². The van der Waals surface area contributed by atoms with Crippen molar-refractivity contribution in [1.82, 2.24) is 10.2 Å². The van der Waals surface area contributed by atoms with E-state index in [1.165, 1.54) is 6.42 Å². The third-order valence-electron chi connectivity index (χ3n) is 2.31. The standard InChI is InChI=1S/C8H18N2O/c1-9-3-5-10-4-2-8(6-10)7-11/h8-9,11H,2-7H2,1H3/t8-/m0/s1. The van der Waals surface area contributed by atoms with E-state index in [0.29, 0.717) is 12.5 Å². The van der Waals surface area contributed by atoms with Gasteiger partial charge in [0.05, 0.1) is 0 Å². The molecular formula is C8H18N2O. The summed E-state index contributed by atoms with van der Waals surface area (Å²) in [7, 11) is 1.97. The molecule has 0 aliphatic carbocycles. The highest BCUT2D eigenvalue weighted by Gasteiger charge is 2.20. The Morgan fingerprint density at radius 3 is 3.00 bits per heavy atom. The summed E-state index contributed by atoms with van der Waals surface area (Å²) in [4.78, 5) is 2.40. The highest BCUT2D eigenvalue weighted by molar-refractivity contribution is 4.74. The molecule has 1 saturated heterocycles. The summed E-state index contributed by atoms with van der Waals surface area (Å²) in [6.07, 6.45) is 1.17. The Bertz CT molecular complexity index is 108. The molecule has 0 unspecified atom stereocenters. The van der Waals surface area contributed by atoms with E-state index in [4.69, 9.17) is 5.11 Å². The molecule has 1 aliphatic heterocycles. The predicted molar refractivity (Wildman–Crippen MR) is 45.6 cm³/mol. The van der Waals surface area contributed by atoms with Gasteiger partial charge in [0.1, 0.15) is 0 Å². The highest BCUT2D eigenvalue weighted by atomic mass is 16.3. The van der Waals surface area contributed by atoms with Gasteiger partial charge in [-0.05, 0) is 25.9 Å². The molecule has 0 saturated carbocycles. The first-order valence-corrected chi connectivity index (χ1v) is 4.34. The van der Waals surface area contributed by atoms with E-state index in [0.717, 1.165) is 26.2 Å². The van der Waals surface area contributed by atoms with E-state index in [1.807, 2.05) is 7.05 Å². The minimum absolute atomic E-state index is 0.357. The molecule has 2 N–H and O–H groups in total. The molecule has 0 radical (unpaired) electrons. The van der Waals surface area contributed by atoms with Gasteiger partial charge in [-0.25, -0.2) is 0 Å². The minimum atomic E-state index is 0.357. The van der Waals surface area contributed by atoms with Crippen molar-refractivity contribution in [3.05, 3.63) is 0 Å². The molecule has 0 aromatic carbocycles. The van der Waals surface area contributed by atoms with Crippen LogP contribution in [0.15, 0.2) is 0 Å². The first kappa shape index (κ1) is 8.97. The normalized spacial score (nSPS) is 26.2. The van der Waals surface area contributed by atoms with Crippen LogP contribution in [0.2, 0.25) is 0 Å². The number of likely N-dealkylation sites (N-methyl/N-ethyl adjacent to an activating group) is 1. The van der Waals surface area contributed by atoms with E-state index in [9.17, 15) is 0 Å². The number of nitrogens with zero attached hydrogens (tertiary/aromatic N) is 1. The molecule has 0 bridgehead atoms. The fourth-order valence-corrected chi connectivity index (χ4v) is 1.53. The van der Waals surface area contributed by atoms with Gasteiger partial charge < -0.3 is 15.3 Å². The number of nitrogens with one attached hydrogen (secondary N) is 1. The second-order valence-corrected chi connectivity index (χ2v) is 3.24. The van der Waals surface area contributed by atoms with Crippen LogP contribution >= 0.6 is 0 Å². The van der Waals surface area contributed by atoms with Gasteiger partial charge in [0.15, 0.2) is 0 Å². The lowest BCUT2D eigenvalue weighted by molar-refractivity contribution is 0.222. The van der Waals surface area contributed by atoms with E-state index < -0.39 is 0 Å². The first-order chi connectivity index (χ1) is 5.36.